The zero-order valence-corrected chi connectivity index (χ0v) is 14.6. The lowest BCUT2D eigenvalue weighted by Crippen LogP contribution is -2.34. The zero-order valence-electron chi connectivity index (χ0n) is 14.6. The summed E-state index contributed by atoms with van der Waals surface area (Å²) in [5.74, 6) is 1.78. The molecule has 0 aliphatic carbocycles. The molecule has 128 valence electrons. The molecule has 24 heavy (non-hydrogen) atoms. The minimum Gasteiger partial charge on any atom is -0.497 e. The van der Waals surface area contributed by atoms with E-state index in [1.165, 1.54) is 0 Å². The van der Waals surface area contributed by atoms with Crippen molar-refractivity contribution in [2.75, 3.05) is 33.3 Å². The molecule has 2 atom stereocenters. The molecule has 4 rings (SSSR count). The van der Waals surface area contributed by atoms with E-state index < -0.39 is 0 Å². The maximum atomic E-state index is 5.59. The van der Waals surface area contributed by atoms with Gasteiger partial charge < -0.3 is 14.6 Å². The highest BCUT2D eigenvalue weighted by molar-refractivity contribution is 5.59. The molecule has 1 aromatic heterocycles. The number of fused-ring (bicyclic) bond motifs is 1. The fraction of sp³-hybridized carbons (Fsp3) is 0.526. The van der Waals surface area contributed by atoms with Gasteiger partial charge >= 0.3 is 0 Å². The first kappa shape index (κ1) is 15.7. The van der Waals surface area contributed by atoms with Crippen LogP contribution in [0.2, 0.25) is 0 Å². The third kappa shape index (κ3) is 2.52. The molecule has 0 saturated carbocycles. The van der Waals surface area contributed by atoms with Gasteiger partial charge in [-0.2, -0.15) is 0 Å². The molecule has 2 aliphatic heterocycles. The van der Waals surface area contributed by atoms with E-state index in [2.05, 4.69) is 35.3 Å². The third-order valence-corrected chi connectivity index (χ3v) is 5.96. The van der Waals surface area contributed by atoms with Crippen LogP contribution in [0.3, 0.4) is 0 Å². The van der Waals surface area contributed by atoms with E-state index in [4.69, 9.17) is 9.26 Å². The molecule has 2 fully saturated rings. The topological polar surface area (TPSA) is 50.5 Å². The summed E-state index contributed by atoms with van der Waals surface area (Å²) in [6.45, 7) is 10.0. The number of methoxy groups -OCH3 is 1. The molecule has 3 heterocycles. The van der Waals surface area contributed by atoms with E-state index in [9.17, 15) is 0 Å². The van der Waals surface area contributed by atoms with Crippen molar-refractivity contribution in [2.24, 2.45) is 10.8 Å². The van der Waals surface area contributed by atoms with E-state index in [0.717, 1.165) is 55.5 Å². The predicted molar refractivity (Wildman–Crippen MR) is 92.9 cm³/mol. The summed E-state index contributed by atoms with van der Waals surface area (Å²) >= 11 is 0. The van der Waals surface area contributed by atoms with E-state index >= 15 is 0 Å². The van der Waals surface area contributed by atoms with Crippen LogP contribution in [0.25, 0.3) is 11.3 Å². The SMILES string of the molecule is COc1ccc(-c2cc(CN3C[C@]4(C)CNC[C@]4(C)C3)on2)cc1. The first-order valence-electron chi connectivity index (χ1n) is 8.54. The number of hydrogen-bond acceptors (Lipinski definition) is 5. The fourth-order valence-electron chi connectivity index (χ4n) is 4.20. The Balaban J connectivity index is 1.46. The summed E-state index contributed by atoms with van der Waals surface area (Å²) in [6, 6.07) is 9.96. The van der Waals surface area contributed by atoms with Gasteiger partial charge in [0.25, 0.3) is 0 Å². The summed E-state index contributed by atoms with van der Waals surface area (Å²) < 4.78 is 10.8. The Kier molecular flexibility index (Phi) is 3.66. The van der Waals surface area contributed by atoms with Crippen LogP contribution < -0.4 is 10.1 Å². The molecule has 0 bridgehead atoms. The summed E-state index contributed by atoms with van der Waals surface area (Å²) in [6.07, 6.45) is 0. The largest absolute Gasteiger partial charge is 0.497 e. The molecule has 0 spiro atoms. The van der Waals surface area contributed by atoms with E-state index in [1.807, 2.05) is 24.3 Å². The highest BCUT2D eigenvalue weighted by Crippen LogP contribution is 2.48. The number of nitrogens with zero attached hydrogens (tertiary/aromatic N) is 2. The Morgan fingerprint density at radius 2 is 1.83 bits per heavy atom. The van der Waals surface area contributed by atoms with Gasteiger partial charge in [-0.15, -0.1) is 0 Å². The molecule has 0 radical (unpaired) electrons. The standard InChI is InChI=1S/C19H25N3O2/c1-18-10-20-11-19(18,2)13-22(12-18)9-16-8-17(21-24-16)14-4-6-15(23-3)7-5-14/h4-8,20H,9-13H2,1-3H3/t18-,19+. The highest BCUT2D eigenvalue weighted by atomic mass is 16.5. The van der Waals surface area contributed by atoms with Crippen LogP contribution in [0.5, 0.6) is 5.75 Å². The van der Waals surface area contributed by atoms with Crippen molar-refractivity contribution < 1.29 is 9.26 Å². The van der Waals surface area contributed by atoms with Crippen LogP contribution >= 0.6 is 0 Å². The molecular weight excluding hydrogens is 302 g/mol. The number of rotatable bonds is 4. The smallest absolute Gasteiger partial charge is 0.151 e. The van der Waals surface area contributed by atoms with Gasteiger partial charge in [0, 0.05) is 48.6 Å². The average Bonchev–Trinajstić information content (AvgIpc) is 3.19. The molecule has 2 aliphatic rings. The van der Waals surface area contributed by atoms with Crippen LogP contribution in [0.1, 0.15) is 19.6 Å². The highest BCUT2D eigenvalue weighted by Gasteiger charge is 2.54. The molecule has 2 aromatic rings. The number of likely N-dealkylation sites (tertiary alicyclic amines) is 1. The quantitative estimate of drug-likeness (QED) is 0.936. The van der Waals surface area contributed by atoms with Crippen molar-refractivity contribution >= 4 is 0 Å². The Hall–Kier alpha value is -1.85. The molecular formula is C19H25N3O2. The van der Waals surface area contributed by atoms with Crippen LogP contribution in [-0.2, 0) is 6.54 Å². The summed E-state index contributed by atoms with van der Waals surface area (Å²) in [4.78, 5) is 2.50. The van der Waals surface area contributed by atoms with Crippen LogP contribution in [0.4, 0.5) is 0 Å². The van der Waals surface area contributed by atoms with E-state index in [0.29, 0.717) is 10.8 Å². The van der Waals surface area contributed by atoms with Gasteiger partial charge in [0.05, 0.1) is 13.7 Å². The Labute approximate surface area is 143 Å². The fourth-order valence-corrected chi connectivity index (χ4v) is 4.20. The van der Waals surface area contributed by atoms with E-state index in [-0.39, 0.29) is 0 Å². The molecule has 1 N–H and O–H groups in total. The van der Waals surface area contributed by atoms with Crippen molar-refractivity contribution in [3.63, 3.8) is 0 Å². The lowest BCUT2D eigenvalue weighted by atomic mass is 9.71. The molecule has 0 amide bonds. The second kappa shape index (κ2) is 5.60. The number of hydrogen-bond donors (Lipinski definition) is 1. The van der Waals surface area contributed by atoms with Gasteiger partial charge in [-0.3, -0.25) is 4.90 Å². The lowest BCUT2D eigenvalue weighted by Gasteiger charge is -2.31. The van der Waals surface area contributed by atoms with Crippen molar-refractivity contribution in [3.05, 3.63) is 36.1 Å². The van der Waals surface area contributed by atoms with Crippen molar-refractivity contribution in [1.29, 1.82) is 0 Å². The third-order valence-electron chi connectivity index (χ3n) is 5.96. The molecule has 0 unspecified atom stereocenters. The number of ether oxygens (including phenoxy) is 1. The molecule has 5 nitrogen and oxygen atoms in total. The molecule has 1 aromatic carbocycles. The van der Waals surface area contributed by atoms with Crippen LogP contribution in [0.15, 0.2) is 34.9 Å². The van der Waals surface area contributed by atoms with Crippen molar-refractivity contribution in [3.8, 4) is 17.0 Å². The minimum atomic E-state index is 0.353. The van der Waals surface area contributed by atoms with Gasteiger partial charge in [-0.05, 0) is 24.3 Å². The van der Waals surface area contributed by atoms with E-state index in [1.54, 1.807) is 7.11 Å². The maximum absolute atomic E-state index is 5.59. The lowest BCUT2D eigenvalue weighted by molar-refractivity contribution is 0.212. The number of aromatic nitrogens is 1. The summed E-state index contributed by atoms with van der Waals surface area (Å²) in [5, 5.41) is 7.79. The summed E-state index contributed by atoms with van der Waals surface area (Å²) in [7, 11) is 1.67. The monoisotopic (exact) mass is 327 g/mol. The zero-order chi connectivity index (χ0) is 16.8. The van der Waals surface area contributed by atoms with Gasteiger partial charge in [0.15, 0.2) is 5.76 Å². The first-order chi connectivity index (χ1) is 11.5. The Bertz CT molecular complexity index is 708. The normalized spacial score (nSPS) is 29.8. The van der Waals surface area contributed by atoms with Crippen molar-refractivity contribution in [1.82, 2.24) is 15.4 Å². The van der Waals surface area contributed by atoms with Crippen LogP contribution in [-0.4, -0.2) is 43.3 Å². The second-order valence-corrected chi connectivity index (χ2v) is 7.78. The second-order valence-electron chi connectivity index (χ2n) is 7.78. The Morgan fingerprint density at radius 1 is 1.17 bits per heavy atom. The van der Waals surface area contributed by atoms with Gasteiger partial charge in [-0.25, -0.2) is 0 Å². The first-order valence-corrected chi connectivity index (χ1v) is 8.54. The minimum absolute atomic E-state index is 0.353. The van der Waals surface area contributed by atoms with Gasteiger partial charge in [-0.1, -0.05) is 19.0 Å². The van der Waals surface area contributed by atoms with Crippen molar-refractivity contribution in [2.45, 2.75) is 20.4 Å². The Morgan fingerprint density at radius 3 is 2.46 bits per heavy atom. The average molecular weight is 327 g/mol. The molecule has 5 heteroatoms. The number of nitrogens with one attached hydrogen (secondary N) is 1. The maximum Gasteiger partial charge on any atom is 0.151 e. The van der Waals surface area contributed by atoms with Crippen LogP contribution in [0, 0.1) is 10.8 Å². The molecule has 2 saturated heterocycles. The summed E-state index contributed by atoms with van der Waals surface area (Å²) in [5.41, 5.74) is 2.64. The van der Waals surface area contributed by atoms with Gasteiger partial charge in [0.1, 0.15) is 11.4 Å². The predicted octanol–water partition coefficient (Wildman–Crippen LogP) is 2.78. The number of benzene rings is 1. The van der Waals surface area contributed by atoms with Gasteiger partial charge in [0.2, 0.25) is 0 Å².